The summed E-state index contributed by atoms with van der Waals surface area (Å²) in [5.74, 6) is -0.133. The topological polar surface area (TPSA) is 98.7 Å². The molecule has 3 N–H and O–H groups in total. The van der Waals surface area contributed by atoms with Crippen molar-refractivity contribution in [3.63, 3.8) is 0 Å². The zero-order valence-electron chi connectivity index (χ0n) is 9.91. The van der Waals surface area contributed by atoms with Gasteiger partial charge < -0.3 is 11.1 Å². The first-order chi connectivity index (χ1) is 8.69. The van der Waals surface area contributed by atoms with Crippen molar-refractivity contribution in [3.05, 3.63) is 28.5 Å². The standard InChI is InChI=1S/C10H14N6OS/c1-7(10-12-2-3-18-10)13-9(17)6-16-5-8(4-11)14-15-16/h2-3,5,7H,4,6,11H2,1H3,(H,13,17). The Hall–Kier alpha value is -1.80. The molecular formula is C10H14N6OS. The van der Waals surface area contributed by atoms with Crippen LogP contribution in [0.25, 0.3) is 0 Å². The van der Waals surface area contributed by atoms with E-state index < -0.39 is 0 Å². The summed E-state index contributed by atoms with van der Waals surface area (Å²) in [7, 11) is 0. The van der Waals surface area contributed by atoms with Gasteiger partial charge in [0, 0.05) is 18.1 Å². The minimum Gasteiger partial charge on any atom is -0.346 e. The van der Waals surface area contributed by atoms with E-state index in [9.17, 15) is 4.79 Å². The molecule has 0 aliphatic heterocycles. The molecule has 96 valence electrons. The lowest BCUT2D eigenvalue weighted by atomic mass is 10.3. The van der Waals surface area contributed by atoms with E-state index in [1.807, 2.05) is 12.3 Å². The van der Waals surface area contributed by atoms with Gasteiger partial charge in [0.1, 0.15) is 11.6 Å². The lowest BCUT2D eigenvalue weighted by Crippen LogP contribution is -2.30. The molecule has 1 amide bonds. The first-order valence-electron chi connectivity index (χ1n) is 5.47. The molecule has 2 aromatic rings. The van der Waals surface area contributed by atoms with E-state index in [-0.39, 0.29) is 18.5 Å². The van der Waals surface area contributed by atoms with Gasteiger partial charge in [-0.25, -0.2) is 9.67 Å². The molecule has 7 nitrogen and oxygen atoms in total. The molecule has 0 aliphatic carbocycles. The van der Waals surface area contributed by atoms with E-state index in [1.54, 1.807) is 12.4 Å². The fourth-order valence-electron chi connectivity index (χ4n) is 1.45. The Morgan fingerprint density at radius 1 is 1.67 bits per heavy atom. The van der Waals surface area contributed by atoms with Crippen LogP contribution in [0.3, 0.4) is 0 Å². The third-order valence-corrected chi connectivity index (χ3v) is 3.26. The molecular weight excluding hydrogens is 252 g/mol. The number of amides is 1. The number of thiazole rings is 1. The maximum Gasteiger partial charge on any atom is 0.242 e. The summed E-state index contributed by atoms with van der Waals surface area (Å²) in [4.78, 5) is 15.9. The van der Waals surface area contributed by atoms with Crippen molar-refractivity contribution >= 4 is 17.2 Å². The van der Waals surface area contributed by atoms with Crippen LogP contribution in [0.5, 0.6) is 0 Å². The minimum atomic E-state index is -0.133. The molecule has 18 heavy (non-hydrogen) atoms. The predicted molar refractivity (Wildman–Crippen MR) is 66.6 cm³/mol. The summed E-state index contributed by atoms with van der Waals surface area (Å²) in [5.41, 5.74) is 6.08. The zero-order chi connectivity index (χ0) is 13.0. The number of carbonyl (C=O) groups excluding carboxylic acids is 1. The number of nitrogens with zero attached hydrogens (tertiary/aromatic N) is 4. The van der Waals surface area contributed by atoms with Gasteiger partial charge in [0.05, 0.1) is 17.9 Å². The van der Waals surface area contributed by atoms with Crippen LogP contribution in [0.4, 0.5) is 0 Å². The molecule has 1 unspecified atom stereocenters. The van der Waals surface area contributed by atoms with E-state index in [1.165, 1.54) is 16.0 Å². The third kappa shape index (κ3) is 3.11. The molecule has 0 saturated carbocycles. The van der Waals surface area contributed by atoms with Crippen molar-refractivity contribution in [1.82, 2.24) is 25.3 Å². The maximum atomic E-state index is 11.8. The predicted octanol–water partition coefficient (Wildman–Crippen LogP) is 0.0707. The third-order valence-electron chi connectivity index (χ3n) is 2.30. The summed E-state index contributed by atoms with van der Waals surface area (Å²) in [6, 6.07) is -0.102. The fraction of sp³-hybridized carbons (Fsp3) is 0.400. The lowest BCUT2D eigenvalue weighted by Gasteiger charge is -2.10. The average Bonchev–Trinajstić information content (AvgIpc) is 2.98. The van der Waals surface area contributed by atoms with Crippen molar-refractivity contribution < 1.29 is 4.79 Å². The Bertz CT molecular complexity index is 508. The Labute approximate surface area is 108 Å². The Balaban J connectivity index is 1.88. The monoisotopic (exact) mass is 266 g/mol. The number of nitrogens with one attached hydrogen (secondary N) is 1. The highest BCUT2D eigenvalue weighted by atomic mass is 32.1. The molecule has 2 aromatic heterocycles. The van der Waals surface area contributed by atoms with Crippen LogP contribution in [0.15, 0.2) is 17.8 Å². The van der Waals surface area contributed by atoms with Crippen LogP contribution in [0.1, 0.15) is 23.7 Å². The summed E-state index contributed by atoms with van der Waals surface area (Å²) in [6.45, 7) is 2.34. The molecule has 2 rings (SSSR count). The summed E-state index contributed by atoms with van der Waals surface area (Å²) in [5, 5.41) is 13.2. The second-order valence-electron chi connectivity index (χ2n) is 3.77. The number of hydrogen-bond acceptors (Lipinski definition) is 6. The molecule has 2 heterocycles. The Morgan fingerprint density at radius 3 is 3.11 bits per heavy atom. The van der Waals surface area contributed by atoms with Gasteiger partial charge in [0.15, 0.2) is 0 Å². The van der Waals surface area contributed by atoms with Gasteiger partial charge in [-0.1, -0.05) is 5.21 Å². The van der Waals surface area contributed by atoms with Gasteiger partial charge >= 0.3 is 0 Å². The number of carbonyl (C=O) groups is 1. The van der Waals surface area contributed by atoms with Gasteiger partial charge in [-0.15, -0.1) is 16.4 Å². The molecule has 0 radical (unpaired) electrons. The first kappa shape index (κ1) is 12.7. The smallest absolute Gasteiger partial charge is 0.242 e. The summed E-state index contributed by atoms with van der Waals surface area (Å²) >= 11 is 1.51. The molecule has 0 fully saturated rings. The molecule has 8 heteroatoms. The second-order valence-corrected chi connectivity index (χ2v) is 4.70. The minimum absolute atomic E-state index is 0.102. The van der Waals surface area contributed by atoms with Crippen molar-refractivity contribution in [2.45, 2.75) is 26.1 Å². The second kappa shape index (κ2) is 5.69. The molecule has 1 atom stereocenters. The van der Waals surface area contributed by atoms with E-state index in [2.05, 4.69) is 20.6 Å². The largest absolute Gasteiger partial charge is 0.346 e. The van der Waals surface area contributed by atoms with Gasteiger partial charge in [0.2, 0.25) is 5.91 Å². The van der Waals surface area contributed by atoms with E-state index in [0.29, 0.717) is 12.2 Å². The van der Waals surface area contributed by atoms with E-state index in [4.69, 9.17) is 5.73 Å². The van der Waals surface area contributed by atoms with Crippen molar-refractivity contribution in [2.75, 3.05) is 0 Å². The van der Waals surface area contributed by atoms with Crippen molar-refractivity contribution in [2.24, 2.45) is 5.73 Å². The highest BCUT2D eigenvalue weighted by Crippen LogP contribution is 2.14. The fourth-order valence-corrected chi connectivity index (χ4v) is 2.10. The molecule has 0 aromatic carbocycles. The highest BCUT2D eigenvalue weighted by Gasteiger charge is 2.12. The van der Waals surface area contributed by atoms with Crippen LogP contribution < -0.4 is 11.1 Å². The molecule has 0 bridgehead atoms. The number of hydrogen-bond donors (Lipinski definition) is 2. The summed E-state index contributed by atoms with van der Waals surface area (Å²) < 4.78 is 1.46. The van der Waals surface area contributed by atoms with Crippen LogP contribution in [0, 0.1) is 0 Å². The van der Waals surface area contributed by atoms with Gasteiger partial charge in [-0.05, 0) is 6.92 Å². The van der Waals surface area contributed by atoms with E-state index >= 15 is 0 Å². The molecule has 0 spiro atoms. The molecule has 0 saturated heterocycles. The lowest BCUT2D eigenvalue weighted by molar-refractivity contribution is -0.122. The van der Waals surface area contributed by atoms with Crippen molar-refractivity contribution in [3.8, 4) is 0 Å². The van der Waals surface area contributed by atoms with Gasteiger partial charge in [-0.2, -0.15) is 0 Å². The summed E-state index contributed by atoms with van der Waals surface area (Å²) in [6.07, 6.45) is 3.38. The van der Waals surface area contributed by atoms with Crippen LogP contribution in [0.2, 0.25) is 0 Å². The highest BCUT2D eigenvalue weighted by molar-refractivity contribution is 7.09. The number of rotatable bonds is 5. The Kier molecular flexibility index (Phi) is 4.00. The quantitative estimate of drug-likeness (QED) is 0.798. The number of aromatic nitrogens is 4. The van der Waals surface area contributed by atoms with Gasteiger partial charge in [0.25, 0.3) is 0 Å². The number of nitrogens with two attached hydrogens (primary N) is 1. The Morgan fingerprint density at radius 2 is 2.50 bits per heavy atom. The first-order valence-corrected chi connectivity index (χ1v) is 6.35. The average molecular weight is 266 g/mol. The van der Waals surface area contributed by atoms with E-state index in [0.717, 1.165) is 5.01 Å². The van der Waals surface area contributed by atoms with Crippen LogP contribution in [-0.2, 0) is 17.9 Å². The van der Waals surface area contributed by atoms with Crippen LogP contribution >= 0.6 is 11.3 Å². The normalized spacial score (nSPS) is 12.3. The SMILES string of the molecule is CC(NC(=O)Cn1cc(CN)nn1)c1nccs1. The van der Waals surface area contributed by atoms with Gasteiger partial charge in [-0.3, -0.25) is 4.79 Å². The van der Waals surface area contributed by atoms with Crippen molar-refractivity contribution in [1.29, 1.82) is 0 Å². The zero-order valence-corrected chi connectivity index (χ0v) is 10.7. The van der Waals surface area contributed by atoms with Crippen LogP contribution in [-0.4, -0.2) is 25.9 Å². The maximum absolute atomic E-state index is 11.8. The molecule has 0 aliphatic rings.